The highest BCUT2D eigenvalue weighted by Gasteiger charge is 2.30. The molecule has 1 aromatic rings. The lowest BCUT2D eigenvalue weighted by Crippen LogP contribution is -2.20. The summed E-state index contributed by atoms with van der Waals surface area (Å²) < 4.78 is 30.7. The maximum atomic E-state index is 13.1. The minimum atomic E-state index is -2.84. The van der Waals surface area contributed by atoms with Crippen LogP contribution in [-0.2, 0) is 10.3 Å². The van der Waals surface area contributed by atoms with E-state index in [1.807, 2.05) is 0 Å². The number of benzene rings is 1. The molecule has 0 N–H and O–H groups in total. The van der Waals surface area contributed by atoms with Gasteiger partial charge in [-0.25, -0.2) is 0 Å². The average Bonchev–Trinajstić information content (AvgIpc) is 2.06. The Morgan fingerprint density at radius 3 is 2.33 bits per heavy atom. The van der Waals surface area contributed by atoms with Gasteiger partial charge in [0.1, 0.15) is 17.1 Å². The summed E-state index contributed by atoms with van der Waals surface area (Å²) in [5.41, 5.74) is 0.0147. The Labute approximate surface area is 72.9 Å². The summed E-state index contributed by atoms with van der Waals surface area (Å²) in [4.78, 5) is 0. The Bertz CT molecular complexity index is 238. The van der Waals surface area contributed by atoms with Crippen molar-refractivity contribution in [3.05, 3.63) is 35.9 Å². The van der Waals surface area contributed by atoms with Gasteiger partial charge in [-0.2, -0.15) is 8.78 Å². The Morgan fingerprint density at radius 1 is 1.25 bits per heavy atom. The first-order chi connectivity index (χ1) is 5.67. The van der Waals surface area contributed by atoms with Crippen LogP contribution in [-0.4, -0.2) is 17.1 Å². The SMILES string of the molecule is FC(F)(CO[SiH3])c1ccccc1. The number of rotatable bonds is 3. The normalized spacial score (nSPS) is 11.8. The van der Waals surface area contributed by atoms with Gasteiger partial charge in [0.15, 0.2) is 0 Å². The van der Waals surface area contributed by atoms with E-state index in [4.69, 9.17) is 0 Å². The molecule has 0 aliphatic carbocycles. The second kappa shape index (κ2) is 3.78. The fourth-order valence-electron chi connectivity index (χ4n) is 0.947. The molecule has 0 atom stereocenters. The second-order valence-corrected chi connectivity index (χ2v) is 3.08. The monoisotopic (exact) mass is 188 g/mol. The second-order valence-electron chi connectivity index (χ2n) is 2.50. The van der Waals surface area contributed by atoms with E-state index in [0.717, 1.165) is 0 Å². The van der Waals surface area contributed by atoms with E-state index < -0.39 is 12.5 Å². The summed E-state index contributed by atoms with van der Waals surface area (Å²) in [7, 11) is 0.341. The van der Waals surface area contributed by atoms with Gasteiger partial charge in [0, 0.05) is 5.56 Å². The highest BCUT2D eigenvalue weighted by Crippen LogP contribution is 2.27. The van der Waals surface area contributed by atoms with Crippen molar-refractivity contribution in [2.75, 3.05) is 6.61 Å². The van der Waals surface area contributed by atoms with E-state index in [9.17, 15) is 8.78 Å². The van der Waals surface area contributed by atoms with Crippen LogP contribution in [0, 0.1) is 0 Å². The van der Waals surface area contributed by atoms with Crippen molar-refractivity contribution in [2.45, 2.75) is 5.92 Å². The van der Waals surface area contributed by atoms with Crippen molar-refractivity contribution < 1.29 is 13.2 Å². The van der Waals surface area contributed by atoms with Gasteiger partial charge >= 0.3 is 0 Å². The smallest absolute Gasteiger partial charge is 0.294 e. The predicted octanol–water partition coefficient (Wildman–Crippen LogP) is 1.08. The first-order valence-corrected chi connectivity index (χ1v) is 4.41. The molecule has 0 spiro atoms. The standard InChI is InChI=1S/C8H10F2OSi/c9-8(10,6-11-12)7-4-2-1-3-5-7/h1-5H,6H2,12H3. The Morgan fingerprint density at radius 2 is 1.83 bits per heavy atom. The number of alkyl halides is 2. The molecule has 66 valence electrons. The molecule has 0 saturated carbocycles. The summed E-state index contributed by atoms with van der Waals surface area (Å²) in [6, 6.07) is 7.70. The summed E-state index contributed by atoms with van der Waals surface area (Å²) in [6.07, 6.45) is 0. The van der Waals surface area contributed by atoms with Crippen LogP contribution in [0.25, 0.3) is 0 Å². The van der Waals surface area contributed by atoms with Crippen LogP contribution in [0.3, 0.4) is 0 Å². The molecule has 0 fully saturated rings. The third-order valence-electron chi connectivity index (χ3n) is 1.52. The molecule has 0 amide bonds. The van der Waals surface area contributed by atoms with Gasteiger partial charge in [0.25, 0.3) is 5.92 Å². The van der Waals surface area contributed by atoms with Crippen LogP contribution in [0.4, 0.5) is 8.78 Å². The number of hydrogen-bond acceptors (Lipinski definition) is 1. The minimum Gasteiger partial charge on any atom is -0.421 e. The zero-order valence-electron chi connectivity index (χ0n) is 6.76. The molecule has 0 unspecified atom stereocenters. The van der Waals surface area contributed by atoms with Gasteiger partial charge in [-0.15, -0.1) is 0 Å². The topological polar surface area (TPSA) is 9.23 Å². The third kappa shape index (κ3) is 2.12. The predicted molar refractivity (Wildman–Crippen MR) is 46.2 cm³/mol. The van der Waals surface area contributed by atoms with E-state index >= 15 is 0 Å². The van der Waals surface area contributed by atoms with Crippen LogP contribution in [0.2, 0.25) is 0 Å². The molecule has 0 aliphatic rings. The van der Waals surface area contributed by atoms with Crippen molar-refractivity contribution in [2.24, 2.45) is 0 Å². The molecular weight excluding hydrogens is 178 g/mol. The van der Waals surface area contributed by atoms with Crippen LogP contribution in [0.5, 0.6) is 0 Å². The van der Waals surface area contributed by atoms with E-state index in [1.54, 1.807) is 18.2 Å². The Kier molecular flexibility index (Phi) is 2.94. The highest BCUT2D eigenvalue weighted by atomic mass is 28.2. The molecule has 0 saturated heterocycles. The molecule has 0 heterocycles. The van der Waals surface area contributed by atoms with Crippen molar-refractivity contribution in [3.8, 4) is 0 Å². The minimum absolute atomic E-state index is 0.0147. The van der Waals surface area contributed by atoms with Gasteiger partial charge in [0.05, 0.1) is 0 Å². The lowest BCUT2D eigenvalue weighted by Gasteiger charge is -2.15. The van der Waals surface area contributed by atoms with Gasteiger partial charge in [-0.05, 0) is 0 Å². The summed E-state index contributed by atoms with van der Waals surface area (Å²) in [6.45, 7) is -0.511. The molecule has 1 nitrogen and oxygen atoms in total. The summed E-state index contributed by atoms with van der Waals surface area (Å²) in [5, 5.41) is 0. The van der Waals surface area contributed by atoms with Crippen LogP contribution < -0.4 is 0 Å². The Hall–Kier alpha value is -0.743. The summed E-state index contributed by atoms with van der Waals surface area (Å²) in [5.74, 6) is -2.84. The van der Waals surface area contributed by atoms with E-state index in [2.05, 4.69) is 4.43 Å². The molecule has 12 heavy (non-hydrogen) atoms. The average molecular weight is 188 g/mol. The zero-order valence-corrected chi connectivity index (χ0v) is 8.76. The fourth-order valence-corrected chi connectivity index (χ4v) is 1.31. The van der Waals surface area contributed by atoms with Gasteiger partial charge in [-0.1, -0.05) is 30.3 Å². The largest absolute Gasteiger partial charge is 0.421 e. The number of halogens is 2. The van der Waals surface area contributed by atoms with E-state index in [1.165, 1.54) is 12.1 Å². The first-order valence-electron chi connectivity index (χ1n) is 3.59. The third-order valence-corrected chi connectivity index (χ3v) is 1.81. The van der Waals surface area contributed by atoms with Crippen LogP contribution >= 0.6 is 0 Å². The van der Waals surface area contributed by atoms with E-state index in [-0.39, 0.29) is 5.56 Å². The van der Waals surface area contributed by atoms with Crippen LogP contribution in [0.1, 0.15) is 5.56 Å². The van der Waals surface area contributed by atoms with E-state index in [0.29, 0.717) is 10.5 Å². The number of hydrogen-bond donors (Lipinski definition) is 0. The van der Waals surface area contributed by atoms with Gasteiger partial charge in [0.2, 0.25) is 0 Å². The molecule has 0 bridgehead atoms. The van der Waals surface area contributed by atoms with Crippen molar-refractivity contribution >= 4 is 10.5 Å². The van der Waals surface area contributed by atoms with Gasteiger partial charge in [-0.3, -0.25) is 0 Å². The van der Waals surface area contributed by atoms with Gasteiger partial charge < -0.3 is 4.43 Å². The quantitative estimate of drug-likeness (QED) is 0.645. The zero-order chi connectivity index (χ0) is 9.03. The van der Waals surface area contributed by atoms with Crippen molar-refractivity contribution in [1.29, 1.82) is 0 Å². The van der Waals surface area contributed by atoms with Crippen molar-refractivity contribution in [1.82, 2.24) is 0 Å². The molecule has 4 heteroatoms. The summed E-state index contributed by atoms with van der Waals surface area (Å²) >= 11 is 0. The molecule has 0 aromatic heterocycles. The molecular formula is C8H10F2OSi. The lowest BCUT2D eigenvalue weighted by atomic mass is 10.1. The maximum absolute atomic E-state index is 13.1. The van der Waals surface area contributed by atoms with Crippen LogP contribution in [0.15, 0.2) is 30.3 Å². The molecule has 1 aromatic carbocycles. The molecule has 0 radical (unpaired) electrons. The lowest BCUT2D eigenvalue weighted by molar-refractivity contribution is -0.0447. The Balaban J connectivity index is 2.82. The highest BCUT2D eigenvalue weighted by molar-refractivity contribution is 5.97. The molecule has 1 rings (SSSR count). The van der Waals surface area contributed by atoms with Crippen molar-refractivity contribution in [3.63, 3.8) is 0 Å². The fraction of sp³-hybridized carbons (Fsp3) is 0.250. The first kappa shape index (κ1) is 9.35. The molecule has 0 aliphatic heterocycles. The maximum Gasteiger partial charge on any atom is 0.294 e.